The minimum absolute atomic E-state index is 0.177. The number of thioether (sulfide) groups is 2. The van der Waals surface area contributed by atoms with Gasteiger partial charge in [0, 0.05) is 17.2 Å². The van der Waals surface area contributed by atoms with Crippen molar-refractivity contribution in [1.29, 1.82) is 0 Å². The number of carbonyl (C=O) groups excluding carboxylic acids is 2. The number of amides is 2. The van der Waals surface area contributed by atoms with Crippen molar-refractivity contribution in [3.05, 3.63) is 82.1 Å². The van der Waals surface area contributed by atoms with Crippen molar-refractivity contribution in [3.63, 3.8) is 0 Å². The Morgan fingerprint density at radius 2 is 1.72 bits per heavy atom. The van der Waals surface area contributed by atoms with E-state index in [4.69, 9.17) is 14.2 Å². The molecule has 1 aliphatic rings. The zero-order valence-electron chi connectivity index (χ0n) is 20.8. The summed E-state index contributed by atoms with van der Waals surface area (Å²) in [6.45, 7) is -0.472. The number of hydrogen-bond acceptors (Lipinski definition) is 8. The Bertz CT molecular complexity index is 1320. The molecule has 0 atom stereocenters. The summed E-state index contributed by atoms with van der Waals surface area (Å²) in [4.78, 5) is 24.4. The Kier molecular flexibility index (Phi) is 10.5. The van der Waals surface area contributed by atoms with Gasteiger partial charge < -0.3 is 19.5 Å². The van der Waals surface area contributed by atoms with Crippen molar-refractivity contribution in [2.75, 3.05) is 37.1 Å². The number of halogens is 2. The van der Waals surface area contributed by atoms with Gasteiger partial charge >= 0.3 is 0 Å². The average molecular weight is 635 g/mol. The zero-order chi connectivity index (χ0) is 27.6. The van der Waals surface area contributed by atoms with Gasteiger partial charge in [-0.3, -0.25) is 9.59 Å². The highest BCUT2D eigenvalue weighted by Gasteiger charge is 2.18. The van der Waals surface area contributed by atoms with Crippen LogP contribution in [0.15, 0.2) is 70.2 Å². The molecule has 0 unspecified atom stereocenters. The Morgan fingerprint density at radius 1 is 1.03 bits per heavy atom. The van der Waals surface area contributed by atoms with Crippen molar-refractivity contribution >= 4 is 63.2 Å². The van der Waals surface area contributed by atoms with E-state index in [2.05, 4.69) is 31.8 Å². The van der Waals surface area contributed by atoms with Crippen LogP contribution in [0.1, 0.15) is 15.7 Å². The van der Waals surface area contributed by atoms with E-state index in [1.165, 1.54) is 43.2 Å². The molecule has 3 aromatic carbocycles. The van der Waals surface area contributed by atoms with Crippen LogP contribution >= 0.6 is 39.5 Å². The van der Waals surface area contributed by atoms with Gasteiger partial charge in [-0.2, -0.15) is 5.10 Å². The van der Waals surface area contributed by atoms with E-state index in [0.29, 0.717) is 37.6 Å². The third-order valence-electron chi connectivity index (χ3n) is 5.27. The molecule has 1 heterocycles. The lowest BCUT2D eigenvalue weighted by Crippen LogP contribution is -2.24. The minimum Gasteiger partial charge on any atom is -0.493 e. The van der Waals surface area contributed by atoms with E-state index < -0.39 is 17.6 Å². The van der Waals surface area contributed by atoms with Gasteiger partial charge in [0.05, 0.1) is 22.4 Å². The largest absolute Gasteiger partial charge is 0.493 e. The Hall–Kier alpha value is -3.22. The van der Waals surface area contributed by atoms with E-state index in [-0.39, 0.29) is 13.2 Å². The van der Waals surface area contributed by atoms with Crippen LogP contribution in [0.25, 0.3) is 0 Å². The maximum atomic E-state index is 13.0. The lowest BCUT2D eigenvalue weighted by molar-refractivity contribution is -0.123. The molecule has 0 spiro atoms. The molecule has 3 aromatic rings. The molecule has 1 fully saturated rings. The fraction of sp³-hybridized carbons (Fsp3) is 0.222. The summed E-state index contributed by atoms with van der Waals surface area (Å²) < 4.78 is 30.6. The van der Waals surface area contributed by atoms with E-state index in [0.717, 1.165) is 11.5 Å². The molecule has 0 aliphatic carbocycles. The highest BCUT2D eigenvalue weighted by atomic mass is 79.9. The highest BCUT2D eigenvalue weighted by Crippen LogP contribution is 2.45. The molecule has 0 saturated carbocycles. The number of rotatable bonds is 11. The number of hydrazone groups is 1. The standard InChI is InChI=1S/C27H25BrFN3O5S2/c1-35-23-13-17(12-22(28)26(23)37-15-24(33)31-20-6-4-19(29)5-7-20)14-30-32-25(34)16-36-21-8-2-18(3-9-21)27-38-10-11-39-27/h2-9,12-14,27H,10-11,15-16H2,1H3,(H,31,33)(H,32,34)/b30-14-. The maximum Gasteiger partial charge on any atom is 0.277 e. The number of carbonyl (C=O) groups is 2. The van der Waals surface area contributed by atoms with Gasteiger partial charge in [0.15, 0.2) is 24.7 Å². The summed E-state index contributed by atoms with van der Waals surface area (Å²) in [6.07, 6.45) is 1.45. The average Bonchev–Trinajstić information content (AvgIpc) is 3.48. The van der Waals surface area contributed by atoms with Gasteiger partial charge in [0.25, 0.3) is 11.8 Å². The third-order valence-corrected chi connectivity index (χ3v) is 8.97. The predicted molar refractivity (Wildman–Crippen MR) is 157 cm³/mol. The maximum absolute atomic E-state index is 13.0. The van der Waals surface area contributed by atoms with Gasteiger partial charge in [-0.05, 0) is 75.6 Å². The lowest BCUT2D eigenvalue weighted by atomic mass is 10.2. The van der Waals surface area contributed by atoms with E-state index >= 15 is 0 Å². The number of methoxy groups -OCH3 is 1. The molecule has 8 nitrogen and oxygen atoms in total. The third kappa shape index (κ3) is 8.64. The lowest BCUT2D eigenvalue weighted by Gasteiger charge is -2.13. The fourth-order valence-electron chi connectivity index (χ4n) is 3.45. The summed E-state index contributed by atoms with van der Waals surface area (Å²) in [7, 11) is 1.46. The normalized spacial score (nSPS) is 13.3. The van der Waals surface area contributed by atoms with Gasteiger partial charge in [0.1, 0.15) is 11.6 Å². The summed E-state index contributed by atoms with van der Waals surface area (Å²) >= 11 is 7.28. The SMILES string of the molecule is COc1cc(/C=N\NC(=O)COc2ccc(C3SCCS3)cc2)cc(Br)c1OCC(=O)Nc1ccc(F)cc1. The summed E-state index contributed by atoms with van der Waals surface area (Å²) in [5.41, 5.74) is 4.74. The number of benzene rings is 3. The van der Waals surface area contributed by atoms with Gasteiger partial charge in [-0.1, -0.05) is 12.1 Å². The number of nitrogens with one attached hydrogen (secondary N) is 2. The summed E-state index contributed by atoms with van der Waals surface area (Å²) in [5.74, 6) is 2.38. The molecule has 12 heteroatoms. The Balaban J connectivity index is 1.25. The molecule has 2 N–H and O–H groups in total. The van der Waals surface area contributed by atoms with Crippen molar-refractivity contribution in [2.45, 2.75) is 4.58 Å². The molecule has 4 rings (SSSR count). The summed E-state index contributed by atoms with van der Waals surface area (Å²) in [5, 5.41) is 6.60. The minimum atomic E-state index is -0.422. The first kappa shape index (κ1) is 28.8. The predicted octanol–water partition coefficient (Wildman–Crippen LogP) is 5.62. The first-order valence-corrected chi connectivity index (χ1v) is 14.6. The number of ether oxygens (including phenoxy) is 3. The zero-order valence-corrected chi connectivity index (χ0v) is 24.0. The van der Waals surface area contributed by atoms with Crippen LogP contribution in [0, 0.1) is 5.82 Å². The molecule has 1 saturated heterocycles. The molecule has 2 amide bonds. The van der Waals surface area contributed by atoms with Crippen LogP contribution in [0.5, 0.6) is 17.2 Å². The molecule has 1 aliphatic heterocycles. The van der Waals surface area contributed by atoms with Crippen molar-refractivity contribution in [2.24, 2.45) is 5.10 Å². The van der Waals surface area contributed by atoms with Crippen LogP contribution in [-0.4, -0.2) is 49.9 Å². The molecular weight excluding hydrogens is 609 g/mol. The van der Waals surface area contributed by atoms with Gasteiger partial charge in [-0.25, -0.2) is 9.82 Å². The van der Waals surface area contributed by atoms with Crippen LogP contribution in [0.4, 0.5) is 10.1 Å². The molecule has 0 radical (unpaired) electrons. The Morgan fingerprint density at radius 3 is 2.41 bits per heavy atom. The Labute approximate surface area is 242 Å². The molecule has 204 valence electrons. The smallest absolute Gasteiger partial charge is 0.277 e. The van der Waals surface area contributed by atoms with Crippen molar-refractivity contribution in [3.8, 4) is 17.2 Å². The van der Waals surface area contributed by atoms with Crippen molar-refractivity contribution in [1.82, 2.24) is 5.43 Å². The van der Waals surface area contributed by atoms with E-state index in [1.54, 1.807) is 12.1 Å². The second-order valence-electron chi connectivity index (χ2n) is 8.10. The quantitative estimate of drug-likeness (QED) is 0.209. The topological polar surface area (TPSA) is 98.2 Å². The molecular formula is C27H25BrFN3O5S2. The first-order valence-electron chi connectivity index (χ1n) is 11.7. The van der Waals surface area contributed by atoms with Crippen LogP contribution in [0.3, 0.4) is 0 Å². The van der Waals surface area contributed by atoms with Crippen LogP contribution in [0.2, 0.25) is 0 Å². The molecule has 0 aromatic heterocycles. The number of nitrogens with zero attached hydrogens (tertiary/aromatic N) is 1. The fourth-order valence-corrected chi connectivity index (χ4v) is 6.89. The van der Waals surface area contributed by atoms with Gasteiger partial charge in [0.2, 0.25) is 0 Å². The van der Waals surface area contributed by atoms with E-state index in [1.807, 2.05) is 47.8 Å². The van der Waals surface area contributed by atoms with Gasteiger partial charge in [-0.15, -0.1) is 23.5 Å². The second-order valence-corrected chi connectivity index (χ2v) is 11.7. The second kappa shape index (κ2) is 14.2. The van der Waals surface area contributed by atoms with Crippen molar-refractivity contribution < 1.29 is 28.2 Å². The monoisotopic (exact) mass is 633 g/mol. The highest BCUT2D eigenvalue weighted by molar-refractivity contribution is 9.10. The molecule has 0 bridgehead atoms. The van der Waals surface area contributed by atoms with Crippen LogP contribution in [-0.2, 0) is 9.59 Å². The number of hydrogen-bond donors (Lipinski definition) is 2. The van der Waals surface area contributed by atoms with Crippen LogP contribution < -0.4 is 25.0 Å². The first-order chi connectivity index (χ1) is 18.9. The molecule has 39 heavy (non-hydrogen) atoms. The van der Waals surface area contributed by atoms with E-state index in [9.17, 15) is 14.0 Å². The summed E-state index contributed by atoms with van der Waals surface area (Å²) in [6, 6.07) is 16.5. The number of anilines is 1.